The lowest BCUT2D eigenvalue weighted by Crippen LogP contribution is -2.34. The second kappa shape index (κ2) is 7.80. The molecule has 31 heavy (non-hydrogen) atoms. The number of nitrogens with zero attached hydrogens (tertiary/aromatic N) is 4. The molecule has 7 nitrogen and oxygen atoms in total. The van der Waals surface area contributed by atoms with Crippen LogP contribution in [0.1, 0.15) is 54.2 Å². The van der Waals surface area contributed by atoms with Crippen LogP contribution in [0.4, 0.5) is 8.78 Å². The molecule has 0 unspecified atom stereocenters. The minimum atomic E-state index is -2.70. The van der Waals surface area contributed by atoms with Crippen molar-refractivity contribution in [3.63, 3.8) is 0 Å². The van der Waals surface area contributed by atoms with Gasteiger partial charge in [-0.15, -0.1) is 0 Å². The maximum absolute atomic E-state index is 13.4. The van der Waals surface area contributed by atoms with E-state index in [0.29, 0.717) is 24.9 Å². The van der Waals surface area contributed by atoms with Gasteiger partial charge < -0.3 is 19.5 Å². The van der Waals surface area contributed by atoms with E-state index in [9.17, 15) is 19.0 Å². The largest absolute Gasteiger partial charge is 0.471 e. The van der Waals surface area contributed by atoms with Crippen molar-refractivity contribution in [3.8, 4) is 5.88 Å². The van der Waals surface area contributed by atoms with Crippen LogP contribution in [0.2, 0.25) is 0 Å². The van der Waals surface area contributed by atoms with Gasteiger partial charge in [-0.1, -0.05) is 0 Å². The molecule has 3 aromatic rings. The van der Waals surface area contributed by atoms with Gasteiger partial charge >= 0.3 is 0 Å². The highest BCUT2D eigenvalue weighted by Gasteiger charge is 2.45. The number of hydrogen-bond acceptors (Lipinski definition) is 6. The van der Waals surface area contributed by atoms with Crippen molar-refractivity contribution in [1.82, 2.24) is 19.5 Å². The lowest BCUT2D eigenvalue weighted by molar-refractivity contribution is -0.0179. The Morgan fingerprint density at radius 3 is 2.77 bits per heavy atom. The quantitative estimate of drug-likeness (QED) is 0.661. The highest BCUT2D eigenvalue weighted by atomic mass is 19.3. The molecule has 1 fully saturated rings. The van der Waals surface area contributed by atoms with E-state index in [1.54, 1.807) is 0 Å². The second-order valence-corrected chi connectivity index (χ2v) is 8.36. The fourth-order valence-electron chi connectivity index (χ4n) is 4.81. The molecule has 9 heteroatoms. The van der Waals surface area contributed by atoms with Crippen LogP contribution in [0.5, 0.6) is 5.88 Å². The molecule has 3 heterocycles. The molecular formula is C22H24F2N4O3. The van der Waals surface area contributed by atoms with E-state index in [1.807, 2.05) is 23.8 Å². The van der Waals surface area contributed by atoms with Crippen LogP contribution in [0.25, 0.3) is 11.0 Å². The third-order valence-corrected chi connectivity index (χ3v) is 6.47. The van der Waals surface area contributed by atoms with Crippen molar-refractivity contribution in [2.45, 2.75) is 69.8 Å². The topological polar surface area (TPSA) is 93.3 Å². The number of rotatable bonds is 4. The third-order valence-electron chi connectivity index (χ3n) is 6.47. The summed E-state index contributed by atoms with van der Waals surface area (Å²) in [6, 6.07) is 2.87. The first-order valence-corrected chi connectivity index (χ1v) is 10.6. The molecule has 0 spiro atoms. The number of pyridine rings is 1. The van der Waals surface area contributed by atoms with Gasteiger partial charge in [-0.2, -0.15) is 0 Å². The molecule has 0 aliphatic heterocycles. The first kappa shape index (κ1) is 20.3. The lowest BCUT2D eigenvalue weighted by Gasteiger charge is -2.23. The second-order valence-electron chi connectivity index (χ2n) is 8.36. The Bertz CT molecular complexity index is 1120. The average Bonchev–Trinajstić information content (AvgIpc) is 3.31. The maximum Gasteiger partial charge on any atom is 0.280 e. The number of alkyl halides is 2. The zero-order chi connectivity index (χ0) is 21.7. The van der Waals surface area contributed by atoms with Gasteiger partial charge in [0.2, 0.25) is 5.88 Å². The summed E-state index contributed by atoms with van der Waals surface area (Å²) >= 11 is 0. The van der Waals surface area contributed by atoms with E-state index < -0.39 is 30.8 Å². The minimum Gasteiger partial charge on any atom is -0.471 e. The van der Waals surface area contributed by atoms with Gasteiger partial charge in [-0.05, 0) is 50.3 Å². The number of hydrogen-bond donors (Lipinski definition) is 2. The highest BCUT2D eigenvalue weighted by Crippen LogP contribution is 2.38. The van der Waals surface area contributed by atoms with Crippen molar-refractivity contribution < 1.29 is 23.7 Å². The van der Waals surface area contributed by atoms with Crippen LogP contribution in [-0.4, -0.2) is 48.0 Å². The summed E-state index contributed by atoms with van der Waals surface area (Å²) in [5, 5.41) is 22.3. The molecule has 0 aromatic carbocycles. The fourth-order valence-corrected chi connectivity index (χ4v) is 4.81. The van der Waals surface area contributed by atoms with E-state index in [0.717, 1.165) is 35.0 Å². The van der Waals surface area contributed by atoms with Crippen molar-refractivity contribution >= 4 is 11.0 Å². The van der Waals surface area contributed by atoms with E-state index >= 15 is 0 Å². The number of halogens is 2. The molecule has 2 N–H and O–H groups in total. The normalized spacial score (nSPS) is 25.9. The summed E-state index contributed by atoms with van der Waals surface area (Å²) in [7, 11) is 0. The number of fused-ring (bicyclic) bond motifs is 2. The van der Waals surface area contributed by atoms with Crippen molar-refractivity contribution in [2.24, 2.45) is 0 Å². The summed E-state index contributed by atoms with van der Waals surface area (Å²) in [6.45, 7) is 1.88. The standard InChI is InChI=1S/C22H24F2N4O3/c1-11-13-6-7-28(21(13)26-10-25-11)16-9-17(19(30)18(16)29)31-22-14-5-3-2-4-12(14)8-15(27-22)20(23)24/h6-8,10,16-20,29-30H,2-5,9H2,1H3/t16-,17+,18+,19-/m1/s1. The number of ether oxygens (including phenoxy) is 1. The van der Waals surface area contributed by atoms with Gasteiger partial charge in [0.25, 0.3) is 6.43 Å². The average molecular weight is 430 g/mol. The van der Waals surface area contributed by atoms with E-state index in [2.05, 4.69) is 15.0 Å². The Hall–Kier alpha value is -2.65. The molecule has 4 atom stereocenters. The van der Waals surface area contributed by atoms with Gasteiger partial charge in [0.1, 0.15) is 36.0 Å². The van der Waals surface area contributed by atoms with Gasteiger partial charge in [0.15, 0.2) is 0 Å². The monoisotopic (exact) mass is 430 g/mol. The SMILES string of the molecule is Cc1ncnc2c1ccn2[C@@H]1C[C@H](Oc2nc(C(F)F)cc3c2CCCC3)[C@@H](O)[C@H]1O. The fraction of sp³-hybridized carbons (Fsp3) is 0.500. The van der Waals surface area contributed by atoms with Crippen LogP contribution < -0.4 is 4.74 Å². The summed E-state index contributed by atoms with van der Waals surface area (Å²) in [4.78, 5) is 12.6. The first-order chi connectivity index (χ1) is 14.9. The summed E-state index contributed by atoms with van der Waals surface area (Å²) in [5.74, 6) is 0.153. The van der Waals surface area contributed by atoms with Crippen molar-refractivity contribution in [2.75, 3.05) is 0 Å². The minimum absolute atomic E-state index is 0.153. The zero-order valence-corrected chi connectivity index (χ0v) is 17.1. The zero-order valence-electron chi connectivity index (χ0n) is 17.1. The van der Waals surface area contributed by atoms with Gasteiger partial charge in [-0.3, -0.25) is 0 Å². The van der Waals surface area contributed by atoms with E-state index in [-0.39, 0.29) is 11.6 Å². The van der Waals surface area contributed by atoms with Gasteiger partial charge in [0.05, 0.1) is 11.7 Å². The number of aryl methyl sites for hydroxylation is 2. The van der Waals surface area contributed by atoms with Gasteiger partial charge in [-0.25, -0.2) is 23.7 Å². The predicted octanol–water partition coefficient (Wildman–Crippen LogP) is 3.07. The molecule has 0 radical (unpaired) electrons. The molecule has 1 saturated carbocycles. The van der Waals surface area contributed by atoms with E-state index in [4.69, 9.17) is 4.74 Å². The Morgan fingerprint density at radius 1 is 1.16 bits per heavy atom. The van der Waals surface area contributed by atoms with Gasteiger partial charge in [0, 0.05) is 23.6 Å². The van der Waals surface area contributed by atoms with Crippen LogP contribution >= 0.6 is 0 Å². The molecule has 3 aromatic heterocycles. The number of aliphatic hydroxyl groups excluding tert-OH is 2. The maximum atomic E-state index is 13.4. The summed E-state index contributed by atoms with van der Waals surface area (Å²) in [5.41, 5.74) is 2.84. The first-order valence-electron chi connectivity index (χ1n) is 10.6. The van der Waals surface area contributed by atoms with Crippen LogP contribution in [-0.2, 0) is 12.8 Å². The molecule has 2 aliphatic carbocycles. The highest BCUT2D eigenvalue weighted by molar-refractivity contribution is 5.78. The third kappa shape index (κ3) is 3.45. The molecule has 5 rings (SSSR count). The lowest BCUT2D eigenvalue weighted by atomic mass is 9.92. The van der Waals surface area contributed by atoms with Crippen LogP contribution in [0.3, 0.4) is 0 Å². The smallest absolute Gasteiger partial charge is 0.280 e. The van der Waals surface area contributed by atoms with Crippen LogP contribution in [0.15, 0.2) is 24.7 Å². The Morgan fingerprint density at radius 2 is 1.97 bits per heavy atom. The molecule has 164 valence electrons. The molecule has 0 amide bonds. The van der Waals surface area contributed by atoms with Crippen molar-refractivity contribution in [1.29, 1.82) is 0 Å². The van der Waals surface area contributed by atoms with Crippen molar-refractivity contribution in [3.05, 3.63) is 47.2 Å². The number of aromatic nitrogens is 4. The van der Waals surface area contributed by atoms with E-state index in [1.165, 1.54) is 12.4 Å². The predicted molar refractivity (Wildman–Crippen MR) is 108 cm³/mol. The van der Waals surface area contributed by atoms with Crippen LogP contribution in [0, 0.1) is 6.92 Å². The molecular weight excluding hydrogens is 406 g/mol. The Balaban J connectivity index is 1.46. The molecule has 2 aliphatic rings. The summed E-state index contributed by atoms with van der Waals surface area (Å²) < 4.78 is 34.6. The Kier molecular flexibility index (Phi) is 5.10. The molecule has 0 bridgehead atoms. The summed E-state index contributed by atoms with van der Waals surface area (Å²) in [6.07, 6.45) is 1.12. The Labute approximate surface area is 177 Å². The molecule has 0 saturated heterocycles. The number of aliphatic hydroxyl groups is 2.